The largest absolute Gasteiger partial charge is 1.00 e. The molecular weight excluding hydrogens is 430 g/mol. The van der Waals surface area contributed by atoms with Crippen LogP contribution in [0.2, 0.25) is 0 Å². The number of carboxylic acid groups (broad SMARTS) is 1. The second-order valence-corrected chi connectivity index (χ2v) is 6.79. The van der Waals surface area contributed by atoms with Gasteiger partial charge in [-0.1, -0.05) is 60.7 Å². The van der Waals surface area contributed by atoms with Crippen LogP contribution in [0.1, 0.15) is 21.7 Å². The molecule has 9 heteroatoms. The van der Waals surface area contributed by atoms with Gasteiger partial charge in [0.25, 0.3) is 0 Å². The second kappa shape index (κ2) is 9.68. The van der Waals surface area contributed by atoms with Crippen LogP contribution in [0.25, 0.3) is 22.0 Å². The predicted octanol–water partition coefficient (Wildman–Crippen LogP) is 1.30. The molecule has 156 valence electrons. The summed E-state index contributed by atoms with van der Waals surface area (Å²) in [6, 6.07) is 20.0. The van der Waals surface area contributed by atoms with Crippen molar-refractivity contribution < 1.29 is 52.6 Å². The molecule has 0 bridgehead atoms. The van der Waals surface area contributed by atoms with Crippen molar-refractivity contribution in [2.24, 2.45) is 0 Å². The number of hydrogen-bond acceptors (Lipinski definition) is 5. The van der Waals surface area contributed by atoms with E-state index in [2.05, 4.69) is 15.3 Å². The minimum Gasteiger partial charge on any atom is -0.545 e. The molecule has 0 saturated carbocycles. The summed E-state index contributed by atoms with van der Waals surface area (Å²) in [4.78, 5) is 18.6. The molecule has 0 radical (unpaired) electrons. The van der Waals surface area contributed by atoms with E-state index in [4.69, 9.17) is 0 Å². The molecule has 0 aliphatic rings. The molecule has 4 rings (SSSR count). The Morgan fingerprint density at radius 3 is 2.25 bits per heavy atom. The first-order chi connectivity index (χ1) is 14.8. The molecule has 0 amide bonds. The van der Waals surface area contributed by atoms with E-state index in [1.165, 1.54) is 12.1 Å². The van der Waals surface area contributed by atoms with Gasteiger partial charge in [-0.05, 0) is 28.8 Å². The number of carbonyl (C=O) groups excluding carboxylic acids is 1. The number of hydrogen-bond donors (Lipinski definition) is 1. The molecule has 4 aromatic rings. The van der Waals surface area contributed by atoms with Crippen LogP contribution in [0.15, 0.2) is 72.8 Å². The van der Waals surface area contributed by atoms with Crippen LogP contribution in [-0.2, 0) is 12.7 Å². The first kappa shape index (κ1) is 23.7. The van der Waals surface area contributed by atoms with Crippen molar-refractivity contribution in [2.45, 2.75) is 12.7 Å². The van der Waals surface area contributed by atoms with Gasteiger partial charge in [0, 0.05) is 17.5 Å². The summed E-state index contributed by atoms with van der Waals surface area (Å²) >= 11 is 0. The summed E-state index contributed by atoms with van der Waals surface area (Å²) < 4.78 is 39.5. The van der Waals surface area contributed by atoms with E-state index in [0.717, 1.165) is 5.56 Å². The summed E-state index contributed by atoms with van der Waals surface area (Å²) in [6.07, 6.45) is -4.66. The minimum absolute atomic E-state index is 0. The van der Waals surface area contributed by atoms with Crippen LogP contribution in [0.5, 0.6) is 0 Å². The number of carbonyl (C=O) groups is 1. The second-order valence-electron chi connectivity index (χ2n) is 6.79. The smallest absolute Gasteiger partial charge is 0.545 e. The van der Waals surface area contributed by atoms with Gasteiger partial charge in [0.15, 0.2) is 0 Å². The molecule has 32 heavy (non-hydrogen) atoms. The first-order valence-electron chi connectivity index (χ1n) is 9.30. The zero-order valence-electron chi connectivity index (χ0n) is 17.0. The summed E-state index contributed by atoms with van der Waals surface area (Å²) in [7, 11) is 0. The SMILES string of the molecule is O=C([O-])c1ccccc1-c1ccc(CNc2nc(C(F)(F)F)nc3ccccc23)cc1.[Na+]. The van der Waals surface area contributed by atoms with Crippen LogP contribution < -0.4 is 40.0 Å². The Morgan fingerprint density at radius 1 is 0.906 bits per heavy atom. The van der Waals surface area contributed by atoms with Gasteiger partial charge >= 0.3 is 35.7 Å². The predicted molar refractivity (Wildman–Crippen MR) is 108 cm³/mol. The number of nitrogens with one attached hydrogen (secondary N) is 1. The number of aromatic carboxylic acids is 1. The van der Waals surface area contributed by atoms with Crippen LogP contribution in [0.4, 0.5) is 19.0 Å². The van der Waals surface area contributed by atoms with Crippen molar-refractivity contribution in [3.8, 4) is 11.1 Å². The van der Waals surface area contributed by atoms with Gasteiger partial charge in [0.05, 0.1) is 11.5 Å². The maximum absolute atomic E-state index is 13.2. The van der Waals surface area contributed by atoms with E-state index in [1.54, 1.807) is 60.7 Å². The fourth-order valence-corrected chi connectivity index (χ4v) is 3.24. The Labute approximate surface area is 203 Å². The summed E-state index contributed by atoms with van der Waals surface area (Å²) in [6.45, 7) is 0.223. The Morgan fingerprint density at radius 2 is 1.56 bits per heavy atom. The average molecular weight is 445 g/mol. The van der Waals surface area contributed by atoms with Crippen LogP contribution in [0, 0.1) is 0 Å². The average Bonchev–Trinajstić information content (AvgIpc) is 2.77. The Balaban J connectivity index is 0.00000289. The number of benzene rings is 3. The number of anilines is 1. The number of alkyl halides is 3. The van der Waals surface area contributed by atoms with E-state index < -0.39 is 18.0 Å². The molecule has 0 fully saturated rings. The fourth-order valence-electron chi connectivity index (χ4n) is 3.24. The van der Waals surface area contributed by atoms with Crippen molar-refractivity contribution in [2.75, 3.05) is 5.32 Å². The number of para-hydroxylation sites is 1. The van der Waals surface area contributed by atoms with Gasteiger partial charge in [0.2, 0.25) is 5.82 Å². The monoisotopic (exact) mass is 445 g/mol. The fraction of sp³-hybridized carbons (Fsp3) is 0.0870. The van der Waals surface area contributed by atoms with E-state index >= 15 is 0 Å². The Kier molecular flexibility index (Phi) is 7.18. The number of carboxylic acids is 1. The summed E-state index contributed by atoms with van der Waals surface area (Å²) in [5, 5.41) is 14.7. The quantitative estimate of drug-likeness (QED) is 0.469. The van der Waals surface area contributed by atoms with Gasteiger partial charge in [0.1, 0.15) is 5.82 Å². The van der Waals surface area contributed by atoms with Gasteiger partial charge in [-0.15, -0.1) is 0 Å². The van der Waals surface area contributed by atoms with Gasteiger partial charge in [-0.2, -0.15) is 13.2 Å². The minimum atomic E-state index is -4.66. The maximum Gasteiger partial charge on any atom is 1.00 e. The summed E-state index contributed by atoms with van der Waals surface area (Å²) in [5.74, 6) is -2.38. The van der Waals surface area contributed by atoms with E-state index in [-0.39, 0.29) is 53.0 Å². The van der Waals surface area contributed by atoms with Crippen molar-refractivity contribution in [3.63, 3.8) is 0 Å². The van der Waals surface area contributed by atoms with Gasteiger partial charge < -0.3 is 15.2 Å². The van der Waals surface area contributed by atoms with Crippen LogP contribution in [0.3, 0.4) is 0 Å². The van der Waals surface area contributed by atoms with Crippen molar-refractivity contribution in [3.05, 3.63) is 89.7 Å². The van der Waals surface area contributed by atoms with E-state index in [9.17, 15) is 23.1 Å². The Bertz CT molecular complexity index is 1260. The number of aromatic nitrogens is 2. The van der Waals surface area contributed by atoms with E-state index in [1.807, 2.05) is 0 Å². The third kappa shape index (κ3) is 5.09. The number of rotatable bonds is 5. The normalized spacial score (nSPS) is 11.1. The molecule has 0 unspecified atom stereocenters. The molecule has 0 aliphatic heterocycles. The third-order valence-electron chi connectivity index (χ3n) is 4.73. The first-order valence-corrected chi connectivity index (χ1v) is 9.30. The molecule has 0 aliphatic carbocycles. The molecule has 1 heterocycles. The summed E-state index contributed by atoms with van der Waals surface area (Å²) in [5.41, 5.74) is 2.28. The zero-order chi connectivity index (χ0) is 22.0. The van der Waals surface area contributed by atoms with Gasteiger partial charge in [-0.25, -0.2) is 9.97 Å². The Hall–Kier alpha value is -2.94. The number of nitrogens with zero attached hydrogens (tertiary/aromatic N) is 2. The molecular formula is C23H15F3N3NaO2. The van der Waals surface area contributed by atoms with Crippen molar-refractivity contribution in [1.29, 1.82) is 0 Å². The topological polar surface area (TPSA) is 77.9 Å². The molecule has 5 nitrogen and oxygen atoms in total. The maximum atomic E-state index is 13.2. The number of fused-ring (bicyclic) bond motifs is 1. The number of halogens is 3. The molecule has 0 atom stereocenters. The van der Waals surface area contributed by atoms with Crippen LogP contribution in [-0.4, -0.2) is 15.9 Å². The molecule has 0 saturated heterocycles. The molecule has 3 aromatic carbocycles. The van der Waals surface area contributed by atoms with Crippen molar-refractivity contribution >= 4 is 22.7 Å². The molecule has 0 spiro atoms. The molecule has 1 aromatic heterocycles. The van der Waals surface area contributed by atoms with Crippen LogP contribution >= 0.6 is 0 Å². The molecule has 1 N–H and O–H groups in total. The third-order valence-corrected chi connectivity index (χ3v) is 4.73. The standard InChI is InChI=1S/C23H16F3N3O2.Na/c24-23(25,26)22-28-19-8-4-3-7-18(19)20(29-22)27-13-14-9-11-15(12-10-14)16-5-1-2-6-17(16)21(30)31;/h1-12H,13H2,(H,30,31)(H,27,28,29);/q;+1/p-1. The zero-order valence-corrected chi connectivity index (χ0v) is 19.0. The van der Waals surface area contributed by atoms with Gasteiger partial charge in [-0.3, -0.25) is 0 Å². The van der Waals surface area contributed by atoms with E-state index in [0.29, 0.717) is 16.5 Å². The van der Waals surface area contributed by atoms with Crippen molar-refractivity contribution in [1.82, 2.24) is 9.97 Å².